The molecule has 0 saturated carbocycles. The van der Waals surface area contributed by atoms with Gasteiger partial charge in [-0.1, -0.05) is 13.3 Å². The van der Waals surface area contributed by atoms with E-state index in [0.717, 1.165) is 29.0 Å². The molecule has 12 heteroatoms. The third-order valence-electron chi connectivity index (χ3n) is 4.14. The van der Waals surface area contributed by atoms with Crippen LogP contribution in [0.2, 0.25) is 0 Å². The van der Waals surface area contributed by atoms with E-state index in [1.165, 1.54) is 20.0 Å². The fraction of sp³-hybridized carbons (Fsp3) is 0.333. The van der Waals surface area contributed by atoms with Crippen LogP contribution in [-0.2, 0) is 17.1 Å². The number of hydrogen-bond acceptors (Lipinski definition) is 4. The van der Waals surface area contributed by atoms with Crippen LogP contribution in [0.4, 0.5) is 23.2 Å². The van der Waals surface area contributed by atoms with Crippen molar-refractivity contribution >= 4 is 21.6 Å². The van der Waals surface area contributed by atoms with Gasteiger partial charge in [-0.25, -0.2) is 12.8 Å². The molecule has 2 aromatic rings. The van der Waals surface area contributed by atoms with Crippen LogP contribution in [-0.4, -0.2) is 31.1 Å². The van der Waals surface area contributed by atoms with Gasteiger partial charge >= 0.3 is 6.18 Å². The standard InChI is InChI=1S/C18H18F4N4O3S/c1-3-4-16(18(20,21)22)25-30(28,29)13-8-15(26(2)10-13)17(27)24-12-5-6-14(19)11(7-12)9-23/h5-8,10,16,25H,3-4H2,1-2H3,(H,24,27). The number of nitrogens with zero attached hydrogens (tertiary/aromatic N) is 2. The number of carbonyl (C=O) groups excluding carboxylic acids is 1. The Morgan fingerprint density at radius 1 is 1.30 bits per heavy atom. The second-order valence-corrected chi connectivity index (χ2v) is 8.15. The molecule has 2 rings (SSSR count). The van der Waals surface area contributed by atoms with Crippen molar-refractivity contribution in [2.75, 3.05) is 5.32 Å². The summed E-state index contributed by atoms with van der Waals surface area (Å²) >= 11 is 0. The minimum absolute atomic E-state index is 0.0850. The maximum absolute atomic E-state index is 13.4. The number of sulfonamides is 1. The number of anilines is 1. The first-order valence-corrected chi connectivity index (χ1v) is 10.1. The molecule has 0 aliphatic heterocycles. The molecule has 1 aromatic carbocycles. The Bertz CT molecular complexity index is 1090. The Labute approximate surface area is 170 Å². The van der Waals surface area contributed by atoms with Gasteiger partial charge in [0.25, 0.3) is 5.91 Å². The smallest absolute Gasteiger partial charge is 0.345 e. The fourth-order valence-electron chi connectivity index (χ4n) is 2.62. The summed E-state index contributed by atoms with van der Waals surface area (Å²) in [6, 6.07) is 3.55. The summed E-state index contributed by atoms with van der Waals surface area (Å²) < 4.78 is 80.1. The van der Waals surface area contributed by atoms with Gasteiger partial charge in [-0.3, -0.25) is 4.79 Å². The van der Waals surface area contributed by atoms with Crippen LogP contribution in [0, 0.1) is 17.1 Å². The lowest BCUT2D eigenvalue weighted by atomic mass is 10.2. The monoisotopic (exact) mass is 446 g/mol. The highest BCUT2D eigenvalue weighted by molar-refractivity contribution is 7.89. The van der Waals surface area contributed by atoms with Gasteiger partial charge in [-0.2, -0.15) is 23.2 Å². The van der Waals surface area contributed by atoms with Crippen LogP contribution in [0.3, 0.4) is 0 Å². The second kappa shape index (κ2) is 8.85. The van der Waals surface area contributed by atoms with Crippen molar-refractivity contribution in [2.24, 2.45) is 7.05 Å². The van der Waals surface area contributed by atoms with Crippen molar-refractivity contribution < 1.29 is 30.8 Å². The van der Waals surface area contributed by atoms with Crippen LogP contribution >= 0.6 is 0 Å². The molecule has 0 bridgehead atoms. The first kappa shape index (κ1) is 23.4. The average molecular weight is 446 g/mol. The van der Waals surface area contributed by atoms with E-state index >= 15 is 0 Å². The van der Waals surface area contributed by atoms with Gasteiger partial charge in [0.05, 0.1) is 5.56 Å². The molecule has 2 N–H and O–H groups in total. The molecule has 0 fully saturated rings. The van der Waals surface area contributed by atoms with Crippen LogP contribution in [0.15, 0.2) is 35.4 Å². The van der Waals surface area contributed by atoms with Crippen LogP contribution < -0.4 is 10.0 Å². The Morgan fingerprint density at radius 2 is 1.97 bits per heavy atom. The van der Waals surface area contributed by atoms with Gasteiger partial charge < -0.3 is 9.88 Å². The van der Waals surface area contributed by atoms with E-state index in [-0.39, 0.29) is 23.4 Å². The molecule has 0 saturated heterocycles. The molecule has 1 amide bonds. The summed E-state index contributed by atoms with van der Waals surface area (Å²) in [5, 5.41) is 11.2. The number of aromatic nitrogens is 1. The average Bonchev–Trinajstić information content (AvgIpc) is 3.05. The minimum atomic E-state index is -4.76. The van der Waals surface area contributed by atoms with E-state index in [1.54, 1.807) is 10.8 Å². The number of hydrogen-bond donors (Lipinski definition) is 2. The fourth-order valence-corrected chi connectivity index (χ4v) is 3.95. The van der Waals surface area contributed by atoms with Gasteiger partial charge in [0.15, 0.2) is 0 Å². The van der Waals surface area contributed by atoms with Crippen molar-refractivity contribution in [3.05, 3.63) is 47.5 Å². The molecule has 1 heterocycles. The number of carbonyl (C=O) groups is 1. The predicted octanol–water partition coefficient (Wildman–Crippen LogP) is 3.30. The maximum Gasteiger partial charge on any atom is 0.404 e. The van der Waals surface area contributed by atoms with Gasteiger partial charge in [0.1, 0.15) is 28.5 Å². The normalized spacial score (nSPS) is 13.0. The van der Waals surface area contributed by atoms with Crippen molar-refractivity contribution in [1.29, 1.82) is 5.26 Å². The highest BCUT2D eigenvalue weighted by Crippen LogP contribution is 2.26. The highest BCUT2D eigenvalue weighted by Gasteiger charge is 2.41. The molecule has 0 spiro atoms. The van der Waals surface area contributed by atoms with Crippen molar-refractivity contribution in [1.82, 2.24) is 9.29 Å². The van der Waals surface area contributed by atoms with E-state index in [9.17, 15) is 30.8 Å². The topological polar surface area (TPSA) is 104 Å². The quantitative estimate of drug-likeness (QED) is 0.637. The van der Waals surface area contributed by atoms with Gasteiger partial charge in [0.2, 0.25) is 10.0 Å². The number of rotatable bonds is 7. The molecule has 0 aliphatic carbocycles. The van der Waals surface area contributed by atoms with Crippen LogP contribution in [0.5, 0.6) is 0 Å². The molecule has 0 aliphatic rings. The largest absolute Gasteiger partial charge is 0.404 e. The summed E-state index contributed by atoms with van der Waals surface area (Å²) in [7, 11) is -3.21. The second-order valence-electron chi connectivity index (χ2n) is 6.44. The van der Waals surface area contributed by atoms with Gasteiger partial charge in [0, 0.05) is 18.9 Å². The zero-order valence-corrected chi connectivity index (χ0v) is 16.7. The summed E-state index contributed by atoms with van der Waals surface area (Å²) in [4.78, 5) is 11.9. The van der Waals surface area contributed by atoms with Crippen molar-refractivity contribution in [3.63, 3.8) is 0 Å². The number of nitrogens with one attached hydrogen (secondary N) is 2. The third kappa shape index (κ3) is 5.37. The number of alkyl halides is 3. The SMILES string of the molecule is CCCC(NS(=O)(=O)c1cc(C(=O)Nc2ccc(F)c(C#N)c2)n(C)c1)C(F)(F)F. The van der Waals surface area contributed by atoms with E-state index in [2.05, 4.69) is 5.32 Å². The lowest BCUT2D eigenvalue weighted by molar-refractivity contribution is -0.152. The lowest BCUT2D eigenvalue weighted by Crippen LogP contribution is -2.45. The number of halogens is 4. The molecule has 1 atom stereocenters. The zero-order valence-electron chi connectivity index (χ0n) is 15.9. The van der Waals surface area contributed by atoms with E-state index in [0.29, 0.717) is 0 Å². The zero-order chi connectivity index (χ0) is 22.7. The van der Waals surface area contributed by atoms with Crippen LogP contribution in [0.25, 0.3) is 0 Å². The van der Waals surface area contributed by atoms with E-state index in [4.69, 9.17) is 5.26 Å². The molecule has 162 valence electrons. The Hall–Kier alpha value is -2.91. The molecular formula is C18H18F4N4O3S. The highest BCUT2D eigenvalue weighted by atomic mass is 32.2. The first-order chi connectivity index (χ1) is 13.9. The van der Waals surface area contributed by atoms with Gasteiger partial charge in [-0.05, 0) is 30.7 Å². The first-order valence-electron chi connectivity index (χ1n) is 8.65. The third-order valence-corrected chi connectivity index (χ3v) is 5.58. The Morgan fingerprint density at radius 3 is 2.53 bits per heavy atom. The van der Waals surface area contributed by atoms with Crippen molar-refractivity contribution in [2.45, 2.75) is 36.9 Å². The van der Waals surface area contributed by atoms with E-state index < -0.39 is 45.3 Å². The number of benzene rings is 1. The van der Waals surface area contributed by atoms with Crippen molar-refractivity contribution in [3.8, 4) is 6.07 Å². The van der Waals surface area contributed by atoms with Gasteiger partial charge in [-0.15, -0.1) is 0 Å². The summed E-state index contributed by atoms with van der Waals surface area (Å²) in [5.74, 6) is -1.57. The minimum Gasteiger partial charge on any atom is -0.345 e. The Kier molecular flexibility index (Phi) is 6.89. The summed E-state index contributed by atoms with van der Waals surface area (Å²) in [6.07, 6.45) is -4.09. The molecule has 1 aromatic heterocycles. The molecular weight excluding hydrogens is 428 g/mol. The lowest BCUT2D eigenvalue weighted by Gasteiger charge is -2.20. The summed E-state index contributed by atoms with van der Waals surface area (Å²) in [5.41, 5.74) is -0.389. The van der Waals surface area contributed by atoms with Crippen LogP contribution in [0.1, 0.15) is 35.8 Å². The molecule has 30 heavy (non-hydrogen) atoms. The number of amides is 1. The predicted molar refractivity (Wildman–Crippen MR) is 99.6 cm³/mol. The number of aryl methyl sites for hydroxylation is 1. The molecule has 7 nitrogen and oxygen atoms in total. The Balaban J connectivity index is 2.27. The molecule has 0 radical (unpaired) electrons. The van der Waals surface area contributed by atoms with E-state index in [1.807, 2.05) is 0 Å². The molecule has 1 unspecified atom stereocenters. The maximum atomic E-state index is 13.4. The number of nitriles is 1. The summed E-state index contributed by atoms with van der Waals surface area (Å²) in [6.45, 7) is 1.49.